The molecule has 0 aromatic heterocycles. The van der Waals surface area contributed by atoms with Gasteiger partial charge in [0.15, 0.2) is 0 Å². The molecule has 0 spiro atoms. The third-order valence-electron chi connectivity index (χ3n) is 6.80. The van der Waals surface area contributed by atoms with Crippen LogP contribution < -0.4 is 5.32 Å². The summed E-state index contributed by atoms with van der Waals surface area (Å²) in [5.74, 6) is 0.743. The second kappa shape index (κ2) is 9.14. The van der Waals surface area contributed by atoms with Crippen LogP contribution >= 0.6 is 0 Å². The summed E-state index contributed by atoms with van der Waals surface area (Å²) < 4.78 is 27.1. The Labute approximate surface area is 174 Å². The van der Waals surface area contributed by atoms with Crippen molar-refractivity contribution in [3.05, 3.63) is 24.3 Å². The summed E-state index contributed by atoms with van der Waals surface area (Å²) in [7, 11) is -3.43. The zero-order chi connectivity index (χ0) is 20.3. The Morgan fingerprint density at radius 3 is 2.34 bits per heavy atom. The number of nitrogens with one attached hydrogen (secondary N) is 1. The molecule has 3 fully saturated rings. The maximum Gasteiger partial charge on any atom is 0.243 e. The molecule has 1 aromatic rings. The van der Waals surface area contributed by atoms with Gasteiger partial charge in [-0.05, 0) is 75.3 Å². The molecule has 2 heterocycles. The Morgan fingerprint density at radius 1 is 0.897 bits per heavy atom. The highest BCUT2D eigenvalue weighted by Crippen LogP contribution is 2.35. The van der Waals surface area contributed by atoms with Gasteiger partial charge in [0.1, 0.15) is 0 Å². The van der Waals surface area contributed by atoms with Gasteiger partial charge in [-0.15, -0.1) is 0 Å². The Bertz CT molecular complexity index is 801. The zero-order valence-corrected chi connectivity index (χ0v) is 18.0. The number of fused-ring (bicyclic) bond motifs is 1. The Morgan fingerprint density at radius 2 is 1.59 bits per heavy atom. The quantitative estimate of drug-likeness (QED) is 0.794. The summed E-state index contributed by atoms with van der Waals surface area (Å²) in [5, 5.41) is 2.95. The molecule has 1 aliphatic carbocycles. The van der Waals surface area contributed by atoms with Crippen molar-refractivity contribution in [3.8, 4) is 0 Å². The number of carbonyl (C=O) groups is 1. The number of hydrogen-bond acceptors (Lipinski definition) is 4. The van der Waals surface area contributed by atoms with E-state index in [4.69, 9.17) is 0 Å². The van der Waals surface area contributed by atoms with Gasteiger partial charge >= 0.3 is 0 Å². The van der Waals surface area contributed by atoms with Crippen LogP contribution in [0.2, 0.25) is 0 Å². The smallest absolute Gasteiger partial charge is 0.243 e. The molecule has 2 atom stereocenters. The Kier molecular flexibility index (Phi) is 6.56. The van der Waals surface area contributed by atoms with Crippen molar-refractivity contribution in [3.63, 3.8) is 0 Å². The van der Waals surface area contributed by atoms with Gasteiger partial charge in [0.2, 0.25) is 15.9 Å². The van der Waals surface area contributed by atoms with Crippen LogP contribution in [0.3, 0.4) is 0 Å². The van der Waals surface area contributed by atoms with Gasteiger partial charge in [-0.25, -0.2) is 8.42 Å². The summed E-state index contributed by atoms with van der Waals surface area (Å²) in [6.45, 7) is 2.62. The SMILES string of the molecule is O=C(CN1CCC[C@@H]2CCCC[C@@H]21)Nc1ccc(S(=O)(=O)N2CCCCC2)cc1. The minimum Gasteiger partial charge on any atom is -0.325 e. The van der Waals surface area contributed by atoms with Crippen LogP contribution in [0.15, 0.2) is 29.2 Å². The molecule has 160 valence electrons. The van der Waals surface area contributed by atoms with Crippen molar-refractivity contribution in [2.75, 3.05) is 31.5 Å². The first-order valence-electron chi connectivity index (χ1n) is 11.2. The molecule has 7 heteroatoms. The van der Waals surface area contributed by atoms with E-state index in [0.29, 0.717) is 36.3 Å². The average molecular weight is 420 g/mol. The lowest BCUT2D eigenvalue weighted by atomic mass is 9.78. The molecule has 4 rings (SSSR count). The van der Waals surface area contributed by atoms with E-state index in [-0.39, 0.29) is 5.91 Å². The van der Waals surface area contributed by atoms with E-state index in [1.54, 1.807) is 28.6 Å². The summed E-state index contributed by atoms with van der Waals surface area (Å²) in [6.07, 6.45) is 10.5. The number of sulfonamides is 1. The molecule has 1 amide bonds. The van der Waals surface area contributed by atoms with Crippen molar-refractivity contribution in [2.24, 2.45) is 5.92 Å². The van der Waals surface area contributed by atoms with Crippen LogP contribution in [-0.4, -0.2) is 55.8 Å². The molecule has 0 unspecified atom stereocenters. The Balaban J connectivity index is 1.35. The number of piperidine rings is 2. The molecule has 6 nitrogen and oxygen atoms in total. The van der Waals surface area contributed by atoms with Crippen molar-refractivity contribution in [1.82, 2.24) is 9.21 Å². The molecule has 1 N–H and O–H groups in total. The Hall–Kier alpha value is -1.44. The highest BCUT2D eigenvalue weighted by molar-refractivity contribution is 7.89. The van der Waals surface area contributed by atoms with E-state index in [2.05, 4.69) is 10.2 Å². The molecule has 0 bridgehead atoms. The van der Waals surface area contributed by atoms with Crippen LogP contribution in [0, 0.1) is 5.92 Å². The topological polar surface area (TPSA) is 69.7 Å². The second-order valence-electron chi connectivity index (χ2n) is 8.76. The number of rotatable bonds is 5. The standard InChI is InChI=1S/C22H33N3O3S/c26-22(17-24-14-6-8-18-7-2-3-9-21(18)24)23-19-10-12-20(13-11-19)29(27,28)25-15-4-1-5-16-25/h10-13,18,21H,1-9,14-17H2,(H,23,26)/t18-,21-/m0/s1. The van der Waals surface area contributed by atoms with Gasteiger partial charge in [0, 0.05) is 24.8 Å². The number of carbonyl (C=O) groups excluding carboxylic acids is 1. The van der Waals surface area contributed by atoms with E-state index in [9.17, 15) is 13.2 Å². The molecule has 2 saturated heterocycles. The average Bonchev–Trinajstić information content (AvgIpc) is 2.75. The molecule has 1 aromatic carbocycles. The first kappa shape index (κ1) is 20.8. The van der Waals surface area contributed by atoms with E-state index in [1.807, 2.05) is 0 Å². The fourth-order valence-electron chi connectivity index (χ4n) is 5.27. The monoisotopic (exact) mass is 419 g/mol. The maximum absolute atomic E-state index is 12.7. The number of benzene rings is 1. The highest BCUT2D eigenvalue weighted by Gasteiger charge is 2.34. The molecular formula is C22H33N3O3S. The fraction of sp³-hybridized carbons (Fsp3) is 0.682. The van der Waals surface area contributed by atoms with Crippen molar-refractivity contribution in [2.45, 2.75) is 68.7 Å². The third kappa shape index (κ3) is 4.84. The van der Waals surface area contributed by atoms with Gasteiger partial charge in [0.25, 0.3) is 0 Å². The van der Waals surface area contributed by atoms with E-state index in [1.165, 1.54) is 38.5 Å². The summed E-state index contributed by atoms with van der Waals surface area (Å²) >= 11 is 0. The highest BCUT2D eigenvalue weighted by atomic mass is 32.2. The largest absolute Gasteiger partial charge is 0.325 e. The van der Waals surface area contributed by atoms with Crippen molar-refractivity contribution >= 4 is 21.6 Å². The summed E-state index contributed by atoms with van der Waals surface area (Å²) in [4.78, 5) is 15.3. The van der Waals surface area contributed by atoms with Crippen molar-refractivity contribution in [1.29, 1.82) is 0 Å². The van der Waals surface area contributed by atoms with Crippen LogP contribution in [0.4, 0.5) is 5.69 Å². The molecule has 29 heavy (non-hydrogen) atoms. The van der Waals surface area contributed by atoms with Gasteiger partial charge in [-0.2, -0.15) is 4.31 Å². The first-order chi connectivity index (χ1) is 14.0. The van der Waals surface area contributed by atoms with Gasteiger partial charge in [-0.3, -0.25) is 9.69 Å². The predicted octanol–water partition coefficient (Wildman–Crippen LogP) is 3.45. The fourth-order valence-corrected chi connectivity index (χ4v) is 6.79. The maximum atomic E-state index is 12.7. The molecule has 3 aliphatic rings. The molecular weight excluding hydrogens is 386 g/mol. The number of nitrogens with zero attached hydrogens (tertiary/aromatic N) is 2. The third-order valence-corrected chi connectivity index (χ3v) is 8.71. The molecule has 2 aliphatic heterocycles. The summed E-state index contributed by atoms with van der Waals surface area (Å²) in [5.41, 5.74) is 0.657. The molecule has 1 saturated carbocycles. The van der Waals surface area contributed by atoms with E-state index in [0.717, 1.165) is 31.7 Å². The minimum atomic E-state index is -3.43. The predicted molar refractivity (Wildman–Crippen MR) is 114 cm³/mol. The first-order valence-corrected chi connectivity index (χ1v) is 12.6. The lowest BCUT2D eigenvalue weighted by molar-refractivity contribution is -0.118. The lowest BCUT2D eigenvalue weighted by Crippen LogP contribution is -2.49. The second-order valence-corrected chi connectivity index (χ2v) is 10.7. The summed E-state index contributed by atoms with van der Waals surface area (Å²) in [6, 6.07) is 7.18. The number of likely N-dealkylation sites (tertiary alicyclic amines) is 1. The number of anilines is 1. The normalized spacial score (nSPS) is 26.6. The van der Waals surface area contributed by atoms with Crippen LogP contribution in [-0.2, 0) is 14.8 Å². The van der Waals surface area contributed by atoms with E-state index < -0.39 is 10.0 Å². The van der Waals surface area contributed by atoms with Gasteiger partial charge < -0.3 is 5.32 Å². The zero-order valence-electron chi connectivity index (χ0n) is 17.2. The van der Waals surface area contributed by atoms with Crippen LogP contribution in [0.25, 0.3) is 0 Å². The lowest BCUT2D eigenvalue weighted by Gasteiger charge is -2.43. The number of hydrogen-bond donors (Lipinski definition) is 1. The van der Waals surface area contributed by atoms with Crippen LogP contribution in [0.5, 0.6) is 0 Å². The van der Waals surface area contributed by atoms with Gasteiger partial charge in [0.05, 0.1) is 11.4 Å². The van der Waals surface area contributed by atoms with E-state index >= 15 is 0 Å². The number of amides is 1. The van der Waals surface area contributed by atoms with Crippen LogP contribution in [0.1, 0.15) is 57.8 Å². The molecule has 0 radical (unpaired) electrons. The van der Waals surface area contributed by atoms with Gasteiger partial charge in [-0.1, -0.05) is 19.3 Å². The van der Waals surface area contributed by atoms with Crippen molar-refractivity contribution < 1.29 is 13.2 Å². The minimum absolute atomic E-state index is 0.0112.